The van der Waals surface area contributed by atoms with Crippen LogP contribution in [-0.2, 0) is 4.79 Å². The number of benzene rings is 1. The number of rotatable bonds is 8. The highest BCUT2D eigenvalue weighted by molar-refractivity contribution is 5.98. The van der Waals surface area contributed by atoms with Gasteiger partial charge in [0, 0.05) is 43.0 Å². The van der Waals surface area contributed by atoms with Crippen LogP contribution < -0.4 is 25.6 Å². The molecule has 2 saturated carbocycles. The van der Waals surface area contributed by atoms with Crippen LogP contribution in [0.5, 0.6) is 5.75 Å². The van der Waals surface area contributed by atoms with E-state index in [1.54, 1.807) is 0 Å². The normalized spacial score (nSPS) is 28.6. The van der Waals surface area contributed by atoms with Crippen molar-refractivity contribution in [3.05, 3.63) is 23.3 Å². The van der Waals surface area contributed by atoms with Gasteiger partial charge < -0.3 is 25.6 Å². The van der Waals surface area contributed by atoms with Crippen LogP contribution in [0.4, 0.5) is 5.69 Å². The van der Waals surface area contributed by atoms with E-state index < -0.39 is 5.41 Å². The minimum atomic E-state index is -0.562. The zero-order chi connectivity index (χ0) is 29.0. The zero-order valence-corrected chi connectivity index (χ0v) is 26.0. The summed E-state index contributed by atoms with van der Waals surface area (Å²) in [5, 5.41) is 10.0. The fraction of sp³-hybridized carbons (Fsp3) is 0.765. The van der Waals surface area contributed by atoms with E-state index in [4.69, 9.17) is 4.74 Å². The third kappa shape index (κ3) is 6.55. The maximum absolute atomic E-state index is 14.1. The Hall–Kier alpha value is -2.28. The third-order valence-electron chi connectivity index (χ3n) is 11.0. The van der Waals surface area contributed by atoms with Crippen molar-refractivity contribution in [1.82, 2.24) is 16.0 Å². The number of carbonyl (C=O) groups is 2. The minimum Gasteiger partial charge on any atom is -0.490 e. The first-order chi connectivity index (χ1) is 19.8. The fourth-order valence-electron chi connectivity index (χ4n) is 8.42. The average molecular weight is 567 g/mol. The summed E-state index contributed by atoms with van der Waals surface area (Å²) in [4.78, 5) is 30.3. The summed E-state index contributed by atoms with van der Waals surface area (Å²) in [5.74, 6) is 1.34. The molecule has 3 unspecified atom stereocenters. The van der Waals surface area contributed by atoms with Gasteiger partial charge in [0.25, 0.3) is 5.91 Å². The van der Waals surface area contributed by atoms with Gasteiger partial charge >= 0.3 is 0 Å². The molecule has 3 atom stereocenters. The number of hydrogen-bond acceptors (Lipinski definition) is 5. The predicted octanol–water partition coefficient (Wildman–Crippen LogP) is 5.74. The molecule has 2 saturated heterocycles. The SMILES string of the molecule is Cc1c(C(=O)NCC2(C3CCCCCC3)C(=O)NC(C)CC2C)cc(OC2CCNCC2)cc1N(C)C1CCCC1. The lowest BCUT2D eigenvalue weighted by Crippen LogP contribution is -2.61. The van der Waals surface area contributed by atoms with Gasteiger partial charge in [-0.05, 0) is 95.3 Å². The third-order valence-corrected chi connectivity index (χ3v) is 11.0. The summed E-state index contributed by atoms with van der Waals surface area (Å²) >= 11 is 0. The molecule has 2 aliphatic heterocycles. The summed E-state index contributed by atoms with van der Waals surface area (Å²) in [7, 11) is 2.17. The smallest absolute Gasteiger partial charge is 0.251 e. The van der Waals surface area contributed by atoms with E-state index >= 15 is 0 Å². The number of nitrogens with zero attached hydrogens (tertiary/aromatic N) is 1. The molecule has 0 bridgehead atoms. The molecule has 2 heterocycles. The minimum absolute atomic E-state index is 0.0917. The van der Waals surface area contributed by atoms with Crippen LogP contribution in [0.2, 0.25) is 0 Å². The van der Waals surface area contributed by atoms with E-state index in [2.05, 4.69) is 54.7 Å². The number of anilines is 1. The van der Waals surface area contributed by atoms with Crippen LogP contribution in [0, 0.1) is 24.2 Å². The van der Waals surface area contributed by atoms with Crippen molar-refractivity contribution >= 4 is 17.5 Å². The second kappa shape index (κ2) is 13.4. The highest BCUT2D eigenvalue weighted by atomic mass is 16.5. The molecule has 5 rings (SSSR count). The lowest BCUT2D eigenvalue weighted by molar-refractivity contribution is -0.143. The Morgan fingerprint density at radius 2 is 1.66 bits per heavy atom. The summed E-state index contributed by atoms with van der Waals surface area (Å²) in [6.45, 7) is 8.72. The molecule has 0 spiro atoms. The summed E-state index contributed by atoms with van der Waals surface area (Å²) < 4.78 is 6.51. The van der Waals surface area contributed by atoms with Crippen LogP contribution >= 0.6 is 0 Å². The average Bonchev–Trinajstić information content (AvgIpc) is 3.36. The van der Waals surface area contributed by atoms with Crippen LogP contribution in [0.3, 0.4) is 0 Å². The van der Waals surface area contributed by atoms with E-state index in [0.717, 1.165) is 62.2 Å². The van der Waals surface area contributed by atoms with Crippen molar-refractivity contribution in [1.29, 1.82) is 0 Å². The van der Waals surface area contributed by atoms with Crippen molar-refractivity contribution in [2.45, 2.75) is 122 Å². The number of hydrogen-bond donors (Lipinski definition) is 3. The van der Waals surface area contributed by atoms with E-state index in [1.165, 1.54) is 51.4 Å². The Kier molecular flexibility index (Phi) is 9.83. The number of carbonyl (C=O) groups excluding carboxylic acids is 2. The highest BCUT2D eigenvalue weighted by Gasteiger charge is 2.52. The van der Waals surface area contributed by atoms with Crippen LogP contribution in [0.15, 0.2) is 12.1 Å². The first-order valence-corrected chi connectivity index (χ1v) is 16.6. The molecule has 1 aromatic rings. The van der Waals surface area contributed by atoms with E-state index in [1.807, 2.05) is 6.07 Å². The molecule has 7 heteroatoms. The van der Waals surface area contributed by atoms with Gasteiger partial charge in [-0.3, -0.25) is 9.59 Å². The molecule has 4 aliphatic rings. The van der Waals surface area contributed by atoms with Gasteiger partial charge in [-0.25, -0.2) is 0 Å². The Morgan fingerprint density at radius 3 is 2.32 bits per heavy atom. The molecule has 228 valence electrons. The van der Waals surface area contributed by atoms with Gasteiger partial charge in [0.2, 0.25) is 5.91 Å². The first kappa shape index (κ1) is 30.2. The number of ether oxygens (including phenoxy) is 1. The maximum atomic E-state index is 14.1. The Morgan fingerprint density at radius 1 is 1.00 bits per heavy atom. The summed E-state index contributed by atoms with van der Waals surface area (Å²) in [5.41, 5.74) is 2.19. The molecule has 41 heavy (non-hydrogen) atoms. The van der Waals surface area contributed by atoms with Crippen LogP contribution in [-0.4, -0.2) is 56.7 Å². The molecule has 3 N–H and O–H groups in total. The van der Waals surface area contributed by atoms with Crippen molar-refractivity contribution in [3.63, 3.8) is 0 Å². The quantitative estimate of drug-likeness (QED) is 0.350. The zero-order valence-electron chi connectivity index (χ0n) is 26.0. The molecule has 4 fully saturated rings. The lowest BCUT2D eigenvalue weighted by atomic mass is 9.60. The Bertz CT molecular complexity index is 1060. The molecule has 2 amide bonds. The molecule has 0 radical (unpaired) electrons. The number of nitrogens with one attached hydrogen (secondary N) is 3. The van der Waals surface area contributed by atoms with Gasteiger partial charge in [0.1, 0.15) is 11.9 Å². The molecule has 2 aliphatic carbocycles. The van der Waals surface area contributed by atoms with Crippen LogP contribution in [0.1, 0.15) is 113 Å². The fourth-order valence-corrected chi connectivity index (χ4v) is 8.42. The van der Waals surface area contributed by atoms with Gasteiger partial charge in [0.15, 0.2) is 0 Å². The summed E-state index contributed by atoms with van der Waals surface area (Å²) in [6.07, 6.45) is 14.9. The second-order valence-corrected chi connectivity index (χ2v) is 13.7. The monoisotopic (exact) mass is 566 g/mol. The summed E-state index contributed by atoms with van der Waals surface area (Å²) in [6, 6.07) is 4.76. The lowest BCUT2D eigenvalue weighted by Gasteiger charge is -2.48. The van der Waals surface area contributed by atoms with Gasteiger partial charge in [-0.15, -0.1) is 0 Å². The Balaban J connectivity index is 1.43. The molecular weight excluding hydrogens is 512 g/mol. The number of amides is 2. The molecular formula is C34H54N4O3. The van der Waals surface area contributed by atoms with Gasteiger partial charge in [-0.1, -0.05) is 45.4 Å². The van der Waals surface area contributed by atoms with Crippen LogP contribution in [0.25, 0.3) is 0 Å². The second-order valence-electron chi connectivity index (χ2n) is 13.7. The van der Waals surface area contributed by atoms with Gasteiger partial charge in [0.05, 0.1) is 5.41 Å². The van der Waals surface area contributed by atoms with Crippen molar-refractivity contribution in [2.75, 3.05) is 31.6 Å². The maximum Gasteiger partial charge on any atom is 0.251 e. The molecule has 7 nitrogen and oxygen atoms in total. The topological polar surface area (TPSA) is 82.7 Å². The Labute approximate surface area is 247 Å². The first-order valence-electron chi connectivity index (χ1n) is 16.6. The van der Waals surface area contributed by atoms with E-state index in [0.29, 0.717) is 24.1 Å². The van der Waals surface area contributed by atoms with E-state index in [-0.39, 0.29) is 29.9 Å². The largest absolute Gasteiger partial charge is 0.490 e. The highest BCUT2D eigenvalue weighted by Crippen LogP contribution is 2.47. The molecule has 1 aromatic carbocycles. The van der Waals surface area contributed by atoms with Crippen molar-refractivity contribution in [2.24, 2.45) is 17.3 Å². The predicted molar refractivity (Wildman–Crippen MR) is 166 cm³/mol. The number of piperidine rings is 2. The standard InChI is InChI=1S/C34H54N4O3/c1-23-19-24(2)37-33(40)34(23,26-11-7-5-6-8-12-26)22-36-32(39)30-20-29(41-28-15-17-35-18-16-28)21-31(25(30)3)38(4)27-13-9-10-14-27/h20-21,23-24,26-28,35H,5-19,22H2,1-4H3,(H,36,39)(H,37,40). The van der Waals surface area contributed by atoms with E-state index in [9.17, 15) is 9.59 Å². The van der Waals surface area contributed by atoms with Crippen molar-refractivity contribution in [3.8, 4) is 5.75 Å². The van der Waals surface area contributed by atoms with Crippen molar-refractivity contribution < 1.29 is 14.3 Å². The molecule has 0 aromatic heterocycles. The van der Waals surface area contributed by atoms with Gasteiger partial charge in [-0.2, -0.15) is 0 Å².